The molecule has 0 radical (unpaired) electrons. The van der Waals surface area contributed by atoms with Crippen molar-refractivity contribution in [3.05, 3.63) is 71.8 Å². The van der Waals surface area contributed by atoms with E-state index in [1.165, 1.54) is 0 Å². The van der Waals surface area contributed by atoms with E-state index in [1.54, 1.807) is 37.4 Å². The summed E-state index contributed by atoms with van der Waals surface area (Å²) in [5.74, 6) is 1.17. The Morgan fingerprint density at radius 1 is 0.769 bits per heavy atom. The molecule has 4 aromatic rings. The molecule has 0 spiro atoms. The van der Waals surface area contributed by atoms with Gasteiger partial charge in [0.05, 0.1) is 7.11 Å². The highest BCUT2D eigenvalue weighted by molar-refractivity contribution is 6.12. The predicted molar refractivity (Wildman–Crippen MR) is 102 cm³/mol. The maximum Gasteiger partial charge on any atom is 0.131 e. The van der Waals surface area contributed by atoms with Crippen LogP contribution >= 0.6 is 0 Å². The lowest BCUT2D eigenvalue weighted by molar-refractivity contribution is 0.412. The third kappa shape index (κ3) is 2.65. The second-order valence-corrected chi connectivity index (χ2v) is 6.31. The summed E-state index contributed by atoms with van der Waals surface area (Å²) < 4.78 is 5.51. The molecule has 4 nitrogen and oxygen atoms in total. The van der Waals surface area contributed by atoms with Crippen LogP contribution in [0.5, 0.6) is 23.0 Å². The Bertz CT molecular complexity index is 1110. The normalized spacial score (nSPS) is 11.1. The van der Waals surface area contributed by atoms with Gasteiger partial charge in [-0.3, -0.25) is 0 Å². The summed E-state index contributed by atoms with van der Waals surface area (Å²) in [5, 5.41) is 33.5. The van der Waals surface area contributed by atoms with Crippen LogP contribution < -0.4 is 4.74 Å². The van der Waals surface area contributed by atoms with Gasteiger partial charge in [0.2, 0.25) is 0 Å². The van der Waals surface area contributed by atoms with Crippen LogP contribution in [0.2, 0.25) is 0 Å². The molecule has 0 aliphatic heterocycles. The van der Waals surface area contributed by atoms with Gasteiger partial charge in [0.1, 0.15) is 23.0 Å². The number of hydrogen-bond acceptors (Lipinski definition) is 4. The van der Waals surface area contributed by atoms with Crippen LogP contribution in [0.1, 0.15) is 11.1 Å². The molecule has 130 valence electrons. The van der Waals surface area contributed by atoms with Gasteiger partial charge < -0.3 is 20.1 Å². The molecule has 4 heteroatoms. The minimum atomic E-state index is 0.167. The van der Waals surface area contributed by atoms with Gasteiger partial charge in [0, 0.05) is 23.4 Å². The number of phenols is 3. The SMILES string of the molecule is COc1cc(O)c(Cc2ccc(O)cc2)c2ccc3cc(O)ccc3c12. The van der Waals surface area contributed by atoms with Gasteiger partial charge in [-0.15, -0.1) is 0 Å². The first kappa shape index (κ1) is 16.1. The Labute approximate surface area is 150 Å². The first-order chi connectivity index (χ1) is 12.6. The Balaban J connectivity index is 1.99. The van der Waals surface area contributed by atoms with Crippen molar-refractivity contribution >= 4 is 21.5 Å². The van der Waals surface area contributed by atoms with E-state index in [0.717, 1.165) is 32.7 Å². The minimum absolute atomic E-state index is 0.167. The van der Waals surface area contributed by atoms with Crippen molar-refractivity contribution in [3.63, 3.8) is 0 Å². The lowest BCUT2D eigenvalue weighted by Crippen LogP contribution is -1.94. The van der Waals surface area contributed by atoms with Crippen LogP contribution in [0.15, 0.2) is 60.7 Å². The summed E-state index contributed by atoms with van der Waals surface area (Å²) >= 11 is 0. The average Bonchev–Trinajstić information content (AvgIpc) is 2.64. The summed E-state index contributed by atoms with van der Waals surface area (Å²) in [4.78, 5) is 0. The fraction of sp³-hybridized carbons (Fsp3) is 0.0909. The molecule has 0 unspecified atom stereocenters. The van der Waals surface area contributed by atoms with Gasteiger partial charge in [0.25, 0.3) is 0 Å². The van der Waals surface area contributed by atoms with E-state index in [9.17, 15) is 15.3 Å². The van der Waals surface area contributed by atoms with E-state index in [0.29, 0.717) is 12.2 Å². The third-order valence-electron chi connectivity index (χ3n) is 4.69. The summed E-state index contributed by atoms with van der Waals surface area (Å²) in [6.07, 6.45) is 0.524. The van der Waals surface area contributed by atoms with Gasteiger partial charge in [-0.25, -0.2) is 0 Å². The molecule has 0 fully saturated rings. The van der Waals surface area contributed by atoms with Crippen LogP contribution in [0, 0.1) is 0 Å². The van der Waals surface area contributed by atoms with E-state index in [1.807, 2.05) is 30.3 Å². The van der Waals surface area contributed by atoms with Gasteiger partial charge in [-0.05, 0) is 52.1 Å². The molecule has 4 aromatic carbocycles. The van der Waals surface area contributed by atoms with E-state index < -0.39 is 0 Å². The summed E-state index contributed by atoms with van der Waals surface area (Å²) in [6, 6.07) is 17.7. The predicted octanol–water partition coefficient (Wildman–Crippen LogP) is 4.71. The zero-order chi connectivity index (χ0) is 18.3. The monoisotopic (exact) mass is 346 g/mol. The zero-order valence-electron chi connectivity index (χ0n) is 14.2. The average molecular weight is 346 g/mol. The Kier molecular flexibility index (Phi) is 3.81. The highest BCUT2D eigenvalue weighted by Gasteiger charge is 2.15. The van der Waals surface area contributed by atoms with Gasteiger partial charge >= 0.3 is 0 Å². The highest BCUT2D eigenvalue weighted by atomic mass is 16.5. The number of methoxy groups -OCH3 is 1. The van der Waals surface area contributed by atoms with E-state index >= 15 is 0 Å². The largest absolute Gasteiger partial charge is 0.508 e. The van der Waals surface area contributed by atoms with Crippen molar-refractivity contribution in [1.29, 1.82) is 0 Å². The molecule has 0 aliphatic carbocycles. The molecular weight excluding hydrogens is 328 g/mol. The second kappa shape index (κ2) is 6.15. The Morgan fingerprint density at radius 2 is 1.46 bits per heavy atom. The fourth-order valence-corrected chi connectivity index (χ4v) is 3.42. The quantitative estimate of drug-likeness (QED) is 0.470. The van der Waals surface area contributed by atoms with Crippen molar-refractivity contribution in [2.75, 3.05) is 7.11 Å². The minimum Gasteiger partial charge on any atom is -0.508 e. The molecule has 0 aliphatic rings. The van der Waals surface area contributed by atoms with Gasteiger partial charge in [-0.1, -0.05) is 24.3 Å². The lowest BCUT2D eigenvalue weighted by atomic mass is 9.93. The highest BCUT2D eigenvalue weighted by Crippen LogP contribution is 2.41. The third-order valence-corrected chi connectivity index (χ3v) is 4.69. The van der Waals surface area contributed by atoms with Crippen molar-refractivity contribution in [3.8, 4) is 23.0 Å². The van der Waals surface area contributed by atoms with Crippen molar-refractivity contribution in [1.82, 2.24) is 0 Å². The topological polar surface area (TPSA) is 69.9 Å². The van der Waals surface area contributed by atoms with Crippen LogP contribution in [0.25, 0.3) is 21.5 Å². The molecule has 26 heavy (non-hydrogen) atoms. The van der Waals surface area contributed by atoms with Crippen LogP contribution in [-0.4, -0.2) is 22.4 Å². The number of ether oxygens (including phenoxy) is 1. The van der Waals surface area contributed by atoms with E-state index in [2.05, 4.69) is 0 Å². The smallest absolute Gasteiger partial charge is 0.131 e. The van der Waals surface area contributed by atoms with Crippen LogP contribution in [0.4, 0.5) is 0 Å². The summed E-state index contributed by atoms with van der Waals surface area (Å²) in [7, 11) is 1.58. The molecule has 0 saturated heterocycles. The molecule has 0 atom stereocenters. The van der Waals surface area contributed by atoms with Crippen molar-refractivity contribution in [2.24, 2.45) is 0 Å². The fourth-order valence-electron chi connectivity index (χ4n) is 3.42. The summed E-state index contributed by atoms with van der Waals surface area (Å²) in [6.45, 7) is 0. The Hall–Kier alpha value is -3.40. The standard InChI is InChI=1S/C22H18O4/c1-26-21-12-20(25)19(10-13-2-5-15(23)6-3-13)18-8-4-14-11-16(24)7-9-17(14)22(18)21/h2-9,11-12,23-25H,10H2,1H3. The number of benzene rings is 4. The molecule has 0 bridgehead atoms. The first-order valence-corrected chi connectivity index (χ1v) is 8.29. The zero-order valence-corrected chi connectivity index (χ0v) is 14.2. The number of phenolic OH excluding ortho intramolecular Hbond substituents is 3. The van der Waals surface area contributed by atoms with Crippen LogP contribution in [-0.2, 0) is 6.42 Å². The molecular formula is C22H18O4. The van der Waals surface area contributed by atoms with Gasteiger partial charge in [-0.2, -0.15) is 0 Å². The number of aromatic hydroxyl groups is 3. The summed E-state index contributed by atoms with van der Waals surface area (Å²) in [5.41, 5.74) is 1.77. The Morgan fingerprint density at radius 3 is 2.19 bits per heavy atom. The van der Waals surface area contributed by atoms with Gasteiger partial charge in [0.15, 0.2) is 0 Å². The molecule has 0 saturated carbocycles. The number of hydrogen-bond donors (Lipinski definition) is 3. The maximum atomic E-state index is 10.6. The first-order valence-electron chi connectivity index (χ1n) is 8.29. The molecule has 0 aromatic heterocycles. The maximum absolute atomic E-state index is 10.6. The van der Waals surface area contributed by atoms with E-state index in [-0.39, 0.29) is 17.2 Å². The van der Waals surface area contributed by atoms with Crippen LogP contribution in [0.3, 0.4) is 0 Å². The van der Waals surface area contributed by atoms with E-state index in [4.69, 9.17) is 4.74 Å². The van der Waals surface area contributed by atoms with Crippen molar-refractivity contribution in [2.45, 2.75) is 6.42 Å². The number of rotatable bonds is 3. The lowest BCUT2D eigenvalue weighted by Gasteiger charge is -2.15. The number of fused-ring (bicyclic) bond motifs is 3. The second-order valence-electron chi connectivity index (χ2n) is 6.31. The van der Waals surface area contributed by atoms with Crippen molar-refractivity contribution < 1.29 is 20.1 Å². The molecule has 0 heterocycles. The molecule has 4 rings (SSSR count). The molecule has 0 amide bonds. The molecule has 3 N–H and O–H groups in total.